The Morgan fingerprint density at radius 3 is 2.17 bits per heavy atom. The van der Waals surface area contributed by atoms with Crippen molar-refractivity contribution in [3.05, 3.63) is 112 Å². The molecule has 0 bridgehead atoms. The Balaban J connectivity index is 1.48. The molecule has 0 aliphatic carbocycles. The first-order chi connectivity index (χ1) is 17.6. The Bertz CT molecular complexity index is 1380. The lowest BCUT2D eigenvalue weighted by atomic mass is 10.0. The standard InChI is InChI=1S/C29H31N5O2/c1-32-16-18-33(19-17-32)21-26(23-12-6-3-7-13-23)30-28(35)27-24-14-8-9-15-25(24)29(36)34(31-27)20-22-10-4-2-5-11-22/h2-15,26H,16-21H2,1H3,(H,30,35). The van der Waals surface area contributed by atoms with Crippen molar-refractivity contribution in [2.24, 2.45) is 0 Å². The molecule has 1 atom stereocenters. The average molecular weight is 482 g/mol. The number of amides is 1. The van der Waals surface area contributed by atoms with Crippen LogP contribution in [-0.4, -0.2) is 65.3 Å². The molecule has 7 heteroatoms. The summed E-state index contributed by atoms with van der Waals surface area (Å²) in [5, 5.41) is 8.86. The third kappa shape index (κ3) is 5.37. The molecule has 0 saturated carbocycles. The van der Waals surface area contributed by atoms with Crippen molar-refractivity contribution in [3.8, 4) is 0 Å². The van der Waals surface area contributed by atoms with Crippen molar-refractivity contribution in [2.45, 2.75) is 12.6 Å². The lowest BCUT2D eigenvalue weighted by molar-refractivity contribution is 0.0902. The van der Waals surface area contributed by atoms with Crippen LogP contribution in [0.2, 0.25) is 0 Å². The molecule has 2 heterocycles. The number of rotatable bonds is 7. The summed E-state index contributed by atoms with van der Waals surface area (Å²) < 4.78 is 1.39. The summed E-state index contributed by atoms with van der Waals surface area (Å²) in [7, 11) is 2.13. The molecule has 184 valence electrons. The Hall–Kier alpha value is -3.81. The van der Waals surface area contributed by atoms with E-state index in [0.717, 1.165) is 37.3 Å². The minimum Gasteiger partial charge on any atom is -0.343 e. The minimum absolute atomic E-state index is 0.197. The van der Waals surface area contributed by atoms with E-state index in [9.17, 15) is 9.59 Å². The monoisotopic (exact) mass is 481 g/mol. The molecule has 1 amide bonds. The normalized spacial score (nSPS) is 15.6. The molecule has 1 aliphatic rings. The fourth-order valence-electron chi connectivity index (χ4n) is 4.70. The van der Waals surface area contributed by atoms with E-state index in [-0.39, 0.29) is 23.2 Å². The van der Waals surface area contributed by atoms with Gasteiger partial charge in [0.2, 0.25) is 0 Å². The highest BCUT2D eigenvalue weighted by atomic mass is 16.2. The highest BCUT2D eigenvalue weighted by Gasteiger charge is 2.24. The van der Waals surface area contributed by atoms with Crippen LogP contribution in [0.15, 0.2) is 89.7 Å². The lowest BCUT2D eigenvalue weighted by Crippen LogP contribution is -2.48. The largest absolute Gasteiger partial charge is 0.343 e. The average Bonchev–Trinajstić information content (AvgIpc) is 2.92. The van der Waals surface area contributed by atoms with Gasteiger partial charge in [-0.15, -0.1) is 0 Å². The van der Waals surface area contributed by atoms with Gasteiger partial charge in [0, 0.05) is 38.1 Å². The molecule has 1 fully saturated rings. The summed E-state index contributed by atoms with van der Waals surface area (Å²) in [5.74, 6) is -0.281. The van der Waals surface area contributed by atoms with E-state index in [0.29, 0.717) is 23.9 Å². The number of piperazine rings is 1. The van der Waals surface area contributed by atoms with Crippen molar-refractivity contribution in [1.29, 1.82) is 0 Å². The summed E-state index contributed by atoms with van der Waals surface area (Å²) in [5.41, 5.74) is 2.06. The molecule has 1 saturated heterocycles. The first-order valence-electron chi connectivity index (χ1n) is 12.4. The molecule has 3 aromatic carbocycles. The number of nitrogens with zero attached hydrogens (tertiary/aromatic N) is 4. The zero-order valence-electron chi connectivity index (χ0n) is 20.5. The maximum atomic E-state index is 13.7. The summed E-state index contributed by atoms with van der Waals surface area (Å²) in [4.78, 5) is 31.6. The number of likely N-dealkylation sites (N-methyl/N-ethyl adjacent to an activating group) is 1. The summed E-state index contributed by atoms with van der Waals surface area (Å²) in [6.45, 7) is 4.94. The van der Waals surface area contributed by atoms with Gasteiger partial charge in [-0.2, -0.15) is 5.10 Å². The van der Waals surface area contributed by atoms with Crippen molar-refractivity contribution in [3.63, 3.8) is 0 Å². The zero-order chi connectivity index (χ0) is 24.9. The van der Waals surface area contributed by atoms with E-state index in [1.807, 2.05) is 72.8 Å². The predicted molar refractivity (Wildman–Crippen MR) is 142 cm³/mol. The van der Waals surface area contributed by atoms with Crippen LogP contribution in [0.1, 0.15) is 27.7 Å². The third-order valence-electron chi connectivity index (χ3n) is 6.80. The van der Waals surface area contributed by atoms with Crippen LogP contribution in [0.3, 0.4) is 0 Å². The molecular formula is C29H31N5O2. The highest BCUT2D eigenvalue weighted by molar-refractivity contribution is 6.04. The van der Waals surface area contributed by atoms with Gasteiger partial charge in [0.15, 0.2) is 5.69 Å². The fourth-order valence-corrected chi connectivity index (χ4v) is 4.70. The number of nitrogens with one attached hydrogen (secondary N) is 1. The van der Waals surface area contributed by atoms with Crippen LogP contribution in [0.25, 0.3) is 10.8 Å². The van der Waals surface area contributed by atoms with Crippen LogP contribution in [-0.2, 0) is 6.54 Å². The van der Waals surface area contributed by atoms with E-state index < -0.39 is 0 Å². The van der Waals surface area contributed by atoms with E-state index in [4.69, 9.17) is 0 Å². The fraction of sp³-hybridized carbons (Fsp3) is 0.276. The molecule has 1 aromatic heterocycles. The van der Waals surface area contributed by atoms with Gasteiger partial charge in [-0.05, 0) is 24.2 Å². The molecule has 7 nitrogen and oxygen atoms in total. The predicted octanol–water partition coefficient (Wildman–Crippen LogP) is 3.16. The van der Waals surface area contributed by atoms with Gasteiger partial charge in [0.25, 0.3) is 11.5 Å². The molecule has 1 unspecified atom stereocenters. The first-order valence-corrected chi connectivity index (χ1v) is 12.4. The third-order valence-corrected chi connectivity index (χ3v) is 6.80. The van der Waals surface area contributed by atoms with E-state index in [2.05, 4.69) is 27.3 Å². The van der Waals surface area contributed by atoms with Crippen molar-refractivity contribution in [2.75, 3.05) is 39.8 Å². The number of aromatic nitrogens is 2. The number of carbonyl (C=O) groups excluding carboxylic acids is 1. The van der Waals surface area contributed by atoms with Crippen LogP contribution < -0.4 is 10.9 Å². The van der Waals surface area contributed by atoms with Gasteiger partial charge in [0.05, 0.1) is 18.0 Å². The molecule has 0 spiro atoms. The quantitative estimate of drug-likeness (QED) is 0.439. The summed E-state index contributed by atoms with van der Waals surface area (Å²) in [6, 6.07) is 26.8. The van der Waals surface area contributed by atoms with Gasteiger partial charge >= 0.3 is 0 Å². The molecule has 36 heavy (non-hydrogen) atoms. The lowest BCUT2D eigenvalue weighted by Gasteiger charge is -2.35. The maximum Gasteiger partial charge on any atom is 0.274 e. The second kappa shape index (κ2) is 10.8. The van der Waals surface area contributed by atoms with Crippen LogP contribution in [0, 0.1) is 0 Å². The van der Waals surface area contributed by atoms with Crippen LogP contribution in [0.5, 0.6) is 0 Å². The van der Waals surface area contributed by atoms with Crippen LogP contribution >= 0.6 is 0 Å². The van der Waals surface area contributed by atoms with Gasteiger partial charge < -0.3 is 10.2 Å². The Morgan fingerprint density at radius 1 is 0.861 bits per heavy atom. The second-order valence-corrected chi connectivity index (χ2v) is 9.38. The van der Waals surface area contributed by atoms with Gasteiger partial charge in [0.1, 0.15) is 0 Å². The van der Waals surface area contributed by atoms with E-state index in [1.54, 1.807) is 12.1 Å². The number of hydrogen-bond acceptors (Lipinski definition) is 5. The van der Waals surface area contributed by atoms with Gasteiger partial charge in [-0.1, -0.05) is 78.9 Å². The number of carbonyl (C=O) groups is 1. The molecule has 5 rings (SSSR count). The molecule has 1 aliphatic heterocycles. The Kier molecular flexibility index (Phi) is 7.21. The van der Waals surface area contributed by atoms with Crippen molar-refractivity contribution in [1.82, 2.24) is 24.9 Å². The Labute approximate surface area is 211 Å². The minimum atomic E-state index is -0.281. The molecule has 4 aromatic rings. The summed E-state index contributed by atoms with van der Waals surface area (Å²) >= 11 is 0. The van der Waals surface area contributed by atoms with E-state index in [1.165, 1.54) is 4.68 Å². The topological polar surface area (TPSA) is 70.5 Å². The Morgan fingerprint density at radius 2 is 1.47 bits per heavy atom. The smallest absolute Gasteiger partial charge is 0.274 e. The van der Waals surface area contributed by atoms with Crippen LogP contribution in [0.4, 0.5) is 0 Å². The first kappa shape index (κ1) is 23.9. The van der Waals surface area contributed by atoms with Gasteiger partial charge in [-0.25, -0.2) is 4.68 Å². The zero-order valence-corrected chi connectivity index (χ0v) is 20.5. The molecule has 0 radical (unpaired) electrons. The second-order valence-electron chi connectivity index (χ2n) is 9.38. The number of hydrogen-bond donors (Lipinski definition) is 1. The van der Waals surface area contributed by atoms with Crippen molar-refractivity contribution < 1.29 is 4.79 Å². The molecule has 1 N–H and O–H groups in total. The summed E-state index contributed by atoms with van der Waals surface area (Å²) in [6.07, 6.45) is 0. The highest BCUT2D eigenvalue weighted by Crippen LogP contribution is 2.19. The number of fused-ring (bicyclic) bond motifs is 1. The van der Waals surface area contributed by atoms with E-state index >= 15 is 0 Å². The SMILES string of the molecule is CN1CCN(CC(NC(=O)c2nn(Cc3ccccc3)c(=O)c3ccccc23)c2ccccc2)CC1. The molecular weight excluding hydrogens is 450 g/mol. The number of benzene rings is 3. The van der Waals surface area contributed by atoms with Crippen molar-refractivity contribution >= 4 is 16.7 Å². The van der Waals surface area contributed by atoms with Gasteiger partial charge in [-0.3, -0.25) is 14.5 Å². The maximum absolute atomic E-state index is 13.7.